The molecular weight excluding hydrogens is 128 g/mol. The lowest BCUT2D eigenvalue weighted by molar-refractivity contribution is 0.310. The first-order valence-corrected chi connectivity index (χ1v) is 3.94. The molecule has 3 rings (SSSR count). The molecule has 0 aromatic carbocycles. The van der Waals surface area contributed by atoms with Crippen LogP contribution in [0.25, 0.3) is 0 Å². The van der Waals surface area contributed by atoms with Crippen molar-refractivity contribution in [2.45, 2.75) is 24.5 Å². The summed E-state index contributed by atoms with van der Waals surface area (Å²) >= 11 is 0. The van der Waals surface area contributed by atoms with Gasteiger partial charge in [-0.05, 0) is 6.42 Å². The van der Waals surface area contributed by atoms with Crippen LogP contribution in [0.2, 0.25) is 0 Å². The molecule has 1 aliphatic carbocycles. The Labute approximate surface area is 59.7 Å². The molecule has 2 bridgehead atoms. The first kappa shape index (κ1) is 5.49. The molecule has 4 atom stereocenters. The van der Waals surface area contributed by atoms with E-state index in [0.717, 1.165) is 12.5 Å². The minimum atomic E-state index is 0.657. The van der Waals surface area contributed by atoms with Crippen molar-refractivity contribution in [3.63, 3.8) is 0 Å². The molecule has 1 saturated carbocycles. The fourth-order valence-corrected chi connectivity index (χ4v) is 2.44. The van der Waals surface area contributed by atoms with Gasteiger partial charge in [-0.1, -0.05) is 0 Å². The van der Waals surface area contributed by atoms with Crippen LogP contribution in [0.15, 0.2) is 0 Å². The predicted molar refractivity (Wildman–Crippen MR) is 36.9 cm³/mol. The highest BCUT2D eigenvalue weighted by Gasteiger charge is 2.49. The van der Waals surface area contributed by atoms with Crippen molar-refractivity contribution in [1.29, 1.82) is 0 Å². The molecule has 2 saturated heterocycles. The molecule has 10 heavy (non-hydrogen) atoms. The highest BCUT2D eigenvalue weighted by molar-refractivity contribution is 5.08. The van der Waals surface area contributed by atoms with Crippen LogP contribution in [0, 0.1) is 5.92 Å². The molecule has 0 aromatic heterocycles. The van der Waals surface area contributed by atoms with Crippen LogP contribution in [0.4, 0.5) is 0 Å². The van der Waals surface area contributed by atoms with Crippen molar-refractivity contribution in [3.05, 3.63) is 0 Å². The maximum Gasteiger partial charge on any atom is 0.0436 e. The van der Waals surface area contributed by atoms with Crippen molar-refractivity contribution < 1.29 is 0 Å². The van der Waals surface area contributed by atoms with E-state index in [4.69, 9.17) is 0 Å². The summed E-state index contributed by atoms with van der Waals surface area (Å²) < 4.78 is 0. The molecular formula is C6H12N4. The molecule has 4 heteroatoms. The largest absolute Gasteiger partial charge is 0.257 e. The van der Waals surface area contributed by atoms with Crippen LogP contribution in [-0.4, -0.2) is 24.7 Å². The number of hydrazine groups is 2. The van der Waals surface area contributed by atoms with Gasteiger partial charge in [0.15, 0.2) is 0 Å². The van der Waals surface area contributed by atoms with Crippen LogP contribution in [-0.2, 0) is 0 Å². The Kier molecular flexibility index (Phi) is 0.936. The third-order valence-electron chi connectivity index (χ3n) is 2.98. The molecule has 2 heterocycles. The fourth-order valence-electron chi connectivity index (χ4n) is 2.44. The predicted octanol–water partition coefficient (Wildman–Crippen LogP) is -1.67. The number of rotatable bonds is 0. The van der Waals surface area contributed by atoms with Gasteiger partial charge < -0.3 is 0 Å². The molecule has 56 valence electrons. The maximum atomic E-state index is 3.30. The number of nitrogens with one attached hydrogen (secondary N) is 4. The van der Waals surface area contributed by atoms with Crippen molar-refractivity contribution in [2.24, 2.45) is 5.92 Å². The standard InChI is InChI=1S/C6H12N4/c1-4-3-2-7-10-6(3)5(1)9-8-4/h3-10H,1-2H2. The van der Waals surface area contributed by atoms with Crippen LogP contribution in [0.3, 0.4) is 0 Å². The van der Waals surface area contributed by atoms with E-state index in [0.29, 0.717) is 18.1 Å². The summed E-state index contributed by atoms with van der Waals surface area (Å²) in [6.07, 6.45) is 1.30. The Hall–Kier alpha value is -0.160. The summed E-state index contributed by atoms with van der Waals surface area (Å²) in [7, 11) is 0. The van der Waals surface area contributed by atoms with E-state index in [1.807, 2.05) is 0 Å². The second kappa shape index (κ2) is 1.71. The van der Waals surface area contributed by atoms with Crippen molar-refractivity contribution in [1.82, 2.24) is 21.7 Å². The fraction of sp³-hybridized carbons (Fsp3) is 1.00. The molecule has 3 aliphatic rings. The Morgan fingerprint density at radius 2 is 1.90 bits per heavy atom. The van der Waals surface area contributed by atoms with Gasteiger partial charge in [-0.2, -0.15) is 0 Å². The van der Waals surface area contributed by atoms with Crippen LogP contribution in [0.1, 0.15) is 6.42 Å². The average Bonchev–Trinajstić information content (AvgIpc) is 2.60. The second-order valence-corrected chi connectivity index (χ2v) is 3.45. The third kappa shape index (κ3) is 0.509. The van der Waals surface area contributed by atoms with Gasteiger partial charge in [0.05, 0.1) is 0 Å². The Morgan fingerprint density at radius 1 is 1.00 bits per heavy atom. The summed E-state index contributed by atoms with van der Waals surface area (Å²) in [5.41, 5.74) is 13.1. The van der Waals surface area contributed by atoms with Crippen LogP contribution >= 0.6 is 0 Å². The van der Waals surface area contributed by atoms with Gasteiger partial charge in [-0.3, -0.25) is 21.7 Å². The minimum Gasteiger partial charge on any atom is -0.257 e. The Morgan fingerprint density at radius 3 is 2.80 bits per heavy atom. The normalized spacial score (nSPS) is 57.6. The van der Waals surface area contributed by atoms with Crippen molar-refractivity contribution in [3.8, 4) is 0 Å². The van der Waals surface area contributed by atoms with Gasteiger partial charge in [0.25, 0.3) is 0 Å². The van der Waals surface area contributed by atoms with E-state index in [1.54, 1.807) is 0 Å². The summed E-state index contributed by atoms with van der Waals surface area (Å²) in [5.74, 6) is 0.811. The summed E-state index contributed by atoms with van der Waals surface area (Å²) in [6.45, 7) is 1.13. The van der Waals surface area contributed by atoms with Gasteiger partial charge in [-0.25, -0.2) is 0 Å². The minimum absolute atomic E-state index is 0.657. The highest BCUT2D eigenvalue weighted by Crippen LogP contribution is 2.31. The molecule has 2 aliphatic heterocycles. The Balaban J connectivity index is 1.92. The topological polar surface area (TPSA) is 48.1 Å². The molecule has 3 fully saturated rings. The molecule has 0 amide bonds. The highest BCUT2D eigenvalue weighted by atomic mass is 15.5. The maximum absolute atomic E-state index is 3.30. The SMILES string of the molecule is C1C2NNC1C1NNCC21. The van der Waals surface area contributed by atoms with Crippen molar-refractivity contribution >= 4 is 0 Å². The monoisotopic (exact) mass is 140 g/mol. The van der Waals surface area contributed by atoms with Gasteiger partial charge >= 0.3 is 0 Å². The quantitative estimate of drug-likeness (QED) is 0.325. The molecule has 0 radical (unpaired) electrons. The first-order chi connectivity index (χ1) is 4.95. The molecule has 0 spiro atoms. The zero-order valence-corrected chi connectivity index (χ0v) is 5.72. The second-order valence-electron chi connectivity index (χ2n) is 3.45. The van der Waals surface area contributed by atoms with E-state index >= 15 is 0 Å². The number of hydrogen-bond donors (Lipinski definition) is 4. The van der Waals surface area contributed by atoms with Crippen LogP contribution in [0.5, 0.6) is 0 Å². The summed E-state index contributed by atoms with van der Waals surface area (Å²) in [4.78, 5) is 0. The first-order valence-electron chi connectivity index (χ1n) is 3.94. The third-order valence-corrected chi connectivity index (χ3v) is 2.98. The van der Waals surface area contributed by atoms with Crippen molar-refractivity contribution in [2.75, 3.05) is 6.54 Å². The Bertz CT molecular complexity index is 144. The lowest BCUT2D eigenvalue weighted by Crippen LogP contribution is -2.53. The van der Waals surface area contributed by atoms with E-state index in [2.05, 4.69) is 21.7 Å². The van der Waals surface area contributed by atoms with E-state index in [-0.39, 0.29) is 0 Å². The average molecular weight is 140 g/mol. The molecule has 0 aromatic rings. The van der Waals surface area contributed by atoms with Gasteiger partial charge in [-0.15, -0.1) is 0 Å². The van der Waals surface area contributed by atoms with E-state index in [9.17, 15) is 0 Å². The lowest BCUT2D eigenvalue weighted by atomic mass is 10.0. The number of fused-ring (bicyclic) bond motifs is 5. The van der Waals surface area contributed by atoms with Gasteiger partial charge in [0.1, 0.15) is 0 Å². The molecule has 4 unspecified atom stereocenters. The number of hydrogen-bond acceptors (Lipinski definition) is 4. The zero-order chi connectivity index (χ0) is 6.55. The smallest absolute Gasteiger partial charge is 0.0436 e. The summed E-state index contributed by atoms with van der Waals surface area (Å²) in [6, 6.07) is 2.04. The van der Waals surface area contributed by atoms with E-state index < -0.39 is 0 Å². The lowest BCUT2D eigenvalue weighted by Gasteiger charge is -2.24. The molecule has 4 nitrogen and oxygen atoms in total. The summed E-state index contributed by atoms with van der Waals surface area (Å²) in [5, 5.41) is 0. The molecule has 4 N–H and O–H groups in total. The zero-order valence-electron chi connectivity index (χ0n) is 5.72. The van der Waals surface area contributed by atoms with Crippen LogP contribution < -0.4 is 21.7 Å². The van der Waals surface area contributed by atoms with Gasteiger partial charge in [0.2, 0.25) is 0 Å². The van der Waals surface area contributed by atoms with Gasteiger partial charge in [0, 0.05) is 30.6 Å². The van der Waals surface area contributed by atoms with E-state index in [1.165, 1.54) is 6.42 Å².